The number of benzene rings is 1. The summed E-state index contributed by atoms with van der Waals surface area (Å²) in [6, 6.07) is 9.17. The topological polar surface area (TPSA) is 58.6 Å². The van der Waals surface area contributed by atoms with Crippen LogP contribution < -0.4 is 5.32 Å². The Morgan fingerprint density at radius 1 is 1.35 bits per heavy atom. The molecule has 1 unspecified atom stereocenters. The van der Waals surface area contributed by atoms with Crippen LogP contribution in [0.2, 0.25) is 0 Å². The van der Waals surface area contributed by atoms with Gasteiger partial charge in [0, 0.05) is 6.54 Å². The van der Waals surface area contributed by atoms with Crippen LogP contribution in [0.3, 0.4) is 0 Å². The van der Waals surface area contributed by atoms with E-state index in [9.17, 15) is 9.59 Å². The van der Waals surface area contributed by atoms with E-state index in [1.807, 2.05) is 44.2 Å². The first-order valence-corrected chi connectivity index (χ1v) is 7.98. The summed E-state index contributed by atoms with van der Waals surface area (Å²) in [6.45, 7) is 8.21. The lowest BCUT2D eigenvalue weighted by molar-refractivity contribution is -0.207. The standard InChI is InChI=1S/C18H24N2O3/c1-4-12-23-16-18(5-2,6-3)15(21)20(16)17(22)19-13-14-10-8-7-9-11-14/h4,7-11,16H,1,5-6,12-13H2,2-3H3,(H,19,22). The van der Waals surface area contributed by atoms with Crippen molar-refractivity contribution in [2.75, 3.05) is 6.61 Å². The molecule has 0 bridgehead atoms. The van der Waals surface area contributed by atoms with Crippen molar-refractivity contribution in [2.45, 2.75) is 39.5 Å². The summed E-state index contributed by atoms with van der Waals surface area (Å²) in [7, 11) is 0. The van der Waals surface area contributed by atoms with Gasteiger partial charge in [-0.2, -0.15) is 0 Å². The number of β-lactam (4-membered cyclic amide) rings is 1. The molecule has 124 valence electrons. The minimum absolute atomic E-state index is 0.165. The normalized spacial score (nSPS) is 19.1. The third kappa shape index (κ3) is 3.15. The number of hydrogen-bond donors (Lipinski definition) is 1. The summed E-state index contributed by atoms with van der Waals surface area (Å²) < 4.78 is 5.71. The number of amides is 3. The molecule has 1 fully saturated rings. The van der Waals surface area contributed by atoms with Crippen molar-refractivity contribution < 1.29 is 14.3 Å². The highest BCUT2D eigenvalue weighted by molar-refractivity contribution is 6.03. The number of urea groups is 1. The van der Waals surface area contributed by atoms with Gasteiger partial charge in [0.25, 0.3) is 0 Å². The zero-order valence-corrected chi connectivity index (χ0v) is 13.7. The van der Waals surface area contributed by atoms with E-state index < -0.39 is 17.7 Å². The lowest BCUT2D eigenvalue weighted by Crippen LogP contribution is -2.72. The predicted octanol–water partition coefficient (Wildman–Crippen LogP) is 3.07. The van der Waals surface area contributed by atoms with Crippen LogP contribution in [0, 0.1) is 5.41 Å². The molecule has 5 heteroatoms. The second-order valence-corrected chi connectivity index (χ2v) is 5.66. The molecule has 0 saturated carbocycles. The maximum Gasteiger partial charge on any atom is 0.326 e. The van der Waals surface area contributed by atoms with E-state index in [2.05, 4.69) is 11.9 Å². The van der Waals surface area contributed by atoms with Crippen LogP contribution in [0.25, 0.3) is 0 Å². The van der Waals surface area contributed by atoms with Gasteiger partial charge in [0.1, 0.15) is 0 Å². The first kappa shape index (κ1) is 17.2. The van der Waals surface area contributed by atoms with Crippen molar-refractivity contribution in [1.29, 1.82) is 0 Å². The maximum absolute atomic E-state index is 12.5. The van der Waals surface area contributed by atoms with Crippen molar-refractivity contribution in [1.82, 2.24) is 10.2 Å². The molecule has 1 atom stereocenters. The Kier molecular flexibility index (Phi) is 5.55. The molecule has 0 aromatic heterocycles. The first-order valence-electron chi connectivity index (χ1n) is 7.98. The average molecular weight is 316 g/mol. The Labute approximate surface area is 137 Å². The molecule has 0 aliphatic carbocycles. The zero-order chi connectivity index (χ0) is 16.9. The Morgan fingerprint density at radius 3 is 2.57 bits per heavy atom. The third-order valence-electron chi connectivity index (χ3n) is 4.49. The van der Waals surface area contributed by atoms with Gasteiger partial charge in [0.15, 0.2) is 6.23 Å². The number of hydrogen-bond acceptors (Lipinski definition) is 3. The molecular weight excluding hydrogens is 292 g/mol. The van der Waals surface area contributed by atoms with Crippen LogP contribution >= 0.6 is 0 Å². The molecule has 23 heavy (non-hydrogen) atoms. The van der Waals surface area contributed by atoms with Gasteiger partial charge in [0.2, 0.25) is 5.91 Å². The van der Waals surface area contributed by atoms with E-state index in [0.717, 1.165) is 5.56 Å². The van der Waals surface area contributed by atoms with Gasteiger partial charge in [-0.15, -0.1) is 6.58 Å². The van der Waals surface area contributed by atoms with E-state index in [1.165, 1.54) is 4.90 Å². The van der Waals surface area contributed by atoms with Gasteiger partial charge in [0.05, 0.1) is 12.0 Å². The molecule has 3 amide bonds. The van der Waals surface area contributed by atoms with E-state index in [0.29, 0.717) is 26.0 Å². The summed E-state index contributed by atoms with van der Waals surface area (Å²) >= 11 is 0. The average Bonchev–Trinajstić information content (AvgIpc) is 2.58. The number of likely N-dealkylation sites (tertiary alicyclic amines) is 1. The highest BCUT2D eigenvalue weighted by atomic mass is 16.5. The number of nitrogens with zero attached hydrogens (tertiary/aromatic N) is 1. The smallest absolute Gasteiger partial charge is 0.326 e. The van der Waals surface area contributed by atoms with Crippen molar-refractivity contribution >= 4 is 11.9 Å². The maximum atomic E-state index is 12.5. The molecule has 1 saturated heterocycles. The Hall–Kier alpha value is -2.14. The van der Waals surface area contributed by atoms with Crippen LogP contribution in [-0.2, 0) is 16.1 Å². The highest BCUT2D eigenvalue weighted by Crippen LogP contribution is 2.45. The Morgan fingerprint density at radius 2 is 2.00 bits per heavy atom. The molecule has 1 heterocycles. The van der Waals surface area contributed by atoms with Gasteiger partial charge in [-0.3, -0.25) is 4.79 Å². The second-order valence-electron chi connectivity index (χ2n) is 5.66. The van der Waals surface area contributed by atoms with Gasteiger partial charge < -0.3 is 10.1 Å². The van der Waals surface area contributed by atoms with Crippen molar-refractivity contribution in [3.8, 4) is 0 Å². The monoisotopic (exact) mass is 316 g/mol. The fraction of sp³-hybridized carbons (Fsp3) is 0.444. The largest absolute Gasteiger partial charge is 0.353 e. The highest BCUT2D eigenvalue weighted by Gasteiger charge is 2.61. The van der Waals surface area contributed by atoms with Crippen LogP contribution in [0.1, 0.15) is 32.3 Å². The molecule has 0 radical (unpaired) electrons. The molecule has 1 aromatic rings. The molecule has 1 aromatic carbocycles. The molecule has 1 aliphatic rings. The minimum atomic E-state index is -0.604. The van der Waals surface area contributed by atoms with Crippen LogP contribution in [-0.4, -0.2) is 29.7 Å². The lowest BCUT2D eigenvalue weighted by atomic mass is 9.72. The van der Waals surface area contributed by atoms with Crippen molar-refractivity contribution in [3.05, 3.63) is 48.6 Å². The number of rotatable bonds is 7. The minimum Gasteiger partial charge on any atom is -0.353 e. The van der Waals surface area contributed by atoms with Gasteiger partial charge in [-0.05, 0) is 18.4 Å². The van der Waals surface area contributed by atoms with E-state index in [4.69, 9.17) is 4.74 Å². The van der Waals surface area contributed by atoms with Crippen molar-refractivity contribution in [3.63, 3.8) is 0 Å². The number of imide groups is 1. The van der Waals surface area contributed by atoms with Gasteiger partial charge in [-0.25, -0.2) is 9.69 Å². The second kappa shape index (κ2) is 7.42. The number of ether oxygens (including phenoxy) is 1. The fourth-order valence-electron chi connectivity index (χ4n) is 2.99. The van der Waals surface area contributed by atoms with E-state index in [-0.39, 0.29) is 5.91 Å². The first-order chi connectivity index (χ1) is 11.1. The van der Waals surface area contributed by atoms with Gasteiger partial charge >= 0.3 is 6.03 Å². The van der Waals surface area contributed by atoms with Gasteiger partial charge in [-0.1, -0.05) is 50.3 Å². The molecule has 1 N–H and O–H groups in total. The molecule has 2 rings (SSSR count). The number of nitrogens with one attached hydrogen (secondary N) is 1. The molecular formula is C18H24N2O3. The molecule has 5 nitrogen and oxygen atoms in total. The van der Waals surface area contributed by atoms with E-state index in [1.54, 1.807) is 6.08 Å². The summed E-state index contributed by atoms with van der Waals surface area (Å²) in [5, 5.41) is 2.78. The lowest BCUT2D eigenvalue weighted by Gasteiger charge is -2.53. The quantitative estimate of drug-likeness (QED) is 0.621. The number of carbonyl (C=O) groups excluding carboxylic acids is 2. The zero-order valence-electron chi connectivity index (χ0n) is 13.7. The van der Waals surface area contributed by atoms with Crippen LogP contribution in [0.15, 0.2) is 43.0 Å². The Bertz CT molecular complexity index is 567. The SMILES string of the molecule is C=CCOC1N(C(=O)NCc2ccccc2)C(=O)C1(CC)CC. The number of carbonyl (C=O) groups is 2. The van der Waals surface area contributed by atoms with E-state index >= 15 is 0 Å². The van der Waals surface area contributed by atoms with Crippen molar-refractivity contribution in [2.24, 2.45) is 5.41 Å². The van der Waals surface area contributed by atoms with Crippen LogP contribution in [0.4, 0.5) is 4.79 Å². The van der Waals surface area contributed by atoms with Crippen LogP contribution in [0.5, 0.6) is 0 Å². The third-order valence-corrected chi connectivity index (χ3v) is 4.49. The summed E-state index contributed by atoms with van der Waals surface area (Å²) in [5.41, 5.74) is 0.377. The molecule has 1 aliphatic heterocycles. The fourth-order valence-corrected chi connectivity index (χ4v) is 2.99. The predicted molar refractivity (Wildman–Crippen MR) is 88.5 cm³/mol. The summed E-state index contributed by atoms with van der Waals surface area (Å²) in [5.74, 6) is -0.165. The summed E-state index contributed by atoms with van der Waals surface area (Å²) in [4.78, 5) is 26.1. The Balaban J connectivity index is 2.05. The summed E-state index contributed by atoms with van der Waals surface area (Å²) in [6.07, 6.45) is 2.39. The molecule has 0 spiro atoms.